The summed E-state index contributed by atoms with van der Waals surface area (Å²) in [5, 5.41) is 2.77. The molecule has 0 saturated heterocycles. The quantitative estimate of drug-likeness (QED) is 0.319. The van der Waals surface area contributed by atoms with E-state index in [0.29, 0.717) is 28.8 Å². The number of anilines is 1. The van der Waals surface area contributed by atoms with Crippen molar-refractivity contribution >= 4 is 23.0 Å². The van der Waals surface area contributed by atoms with Gasteiger partial charge in [0.1, 0.15) is 5.75 Å². The van der Waals surface area contributed by atoms with E-state index < -0.39 is 0 Å². The summed E-state index contributed by atoms with van der Waals surface area (Å²) in [5.74, 6) is 2.11. The van der Waals surface area contributed by atoms with Crippen LogP contribution in [0.1, 0.15) is 53.9 Å². The fourth-order valence-corrected chi connectivity index (χ4v) is 5.51. The third kappa shape index (κ3) is 5.67. The fraction of sp³-hybridized carbons (Fsp3) is 0.312. The summed E-state index contributed by atoms with van der Waals surface area (Å²) in [7, 11) is 4.89. The van der Waals surface area contributed by atoms with E-state index in [9.17, 15) is 4.79 Å². The van der Waals surface area contributed by atoms with E-state index in [-0.39, 0.29) is 18.6 Å². The van der Waals surface area contributed by atoms with Crippen LogP contribution in [0.4, 0.5) is 5.69 Å². The highest BCUT2D eigenvalue weighted by Gasteiger charge is 2.34. The summed E-state index contributed by atoms with van der Waals surface area (Å²) >= 11 is 0. The third-order valence-electron chi connectivity index (χ3n) is 7.52. The minimum absolute atomic E-state index is 0.198. The second-order valence-corrected chi connectivity index (χ2v) is 9.93. The standard InChI is InChI=1S/C32H35N3O5/c1-20(35-40-19-31(36)33-27-11-7-8-12-28(27)37-2)21-13-15-22(16-14-21)32-25-18-30(39-4)29(38-3)17-24(25)23-9-5-6-10-26(23)34-32/h7-8,11-18,23,26,35H,1,5-6,9-10,19H2,2-4H3,(H,33,36)/t23-,26-/m1/s1. The number of ether oxygens (including phenoxy) is 3. The second-order valence-electron chi connectivity index (χ2n) is 9.93. The SMILES string of the molecule is C=C(NOCC(=O)Nc1ccccc1OC)c1ccc(C2=N[C@@H]3CCCC[C@@H]3c3cc(OC)c(OC)cc32)cc1. The van der Waals surface area contributed by atoms with Crippen LogP contribution in [0.25, 0.3) is 5.70 Å². The number of hydrogen-bond acceptors (Lipinski definition) is 7. The fourth-order valence-electron chi connectivity index (χ4n) is 5.51. The van der Waals surface area contributed by atoms with E-state index in [2.05, 4.69) is 29.5 Å². The van der Waals surface area contributed by atoms with Gasteiger partial charge in [-0.1, -0.05) is 55.8 Å². The Kier molecular flexibility index (Phi) is 8.36. The molecule has 2 atom stereocenters. The molecule has 3 aromatic rings. The Balaban J connectivity index is 1.27. The Hall–Kier alpha value is -4.30. The lowest BCUT2D eigenvalue weighted by molar-refractivity contribution is -0.122. The molecule has 1 fully saturated rings. The van der Waals surface area contributed by atoms with Crippen molar-refractivity contribution < 1.29 is 23.8 Å². The number of hydrogen-bond donors (Lipinski definition) is 2. The highest BCUT2D eigenvalue weighted by atomic mass is 16.6. The number of nitrogens with one attached hydrogen (secondary N) is 2. The van der Waals surface area contributed by atoms with Crippen LogP contribution in [0.15, 0.2) is 72.2 Å². The van der Waals surface area contributed by atoms with Gasteiger partial charge in [-0.2, -0.15) is 0 Å². The van der Waals surface area contributed by atoms with Gasteiger partial charge in [-0.05, 0) is 48.2 Å². The number of benzene rings is 3. The molecule has 1 heterocycles. The lowest BCUT2D eigenvalue weighted by atomic mass is 9.75. The van der Waals surface area contributed by atoms with Gasteiger partial charge in [0, 0.05) is 17.0 Å². The van der Waals surface area contributed by atoms with Crippen LogP contribution in [0.5, 0.6) is 17.2 Å². The zero-order valence-corrected chi connectivity index (χ0v) is 23.2. The van der Waals surface area contributed by atoms with Gasteiger partial charge in [0.05, 0.1) is 44.5 Å². The first-order chi connectivity index (χ1) is 19.5. The molecule has 2 aliphatic rings. The molecule has 1 saturated carbocycles. The van der Waals surface area contributed by atoms with Gasteiger partial charge in [0.25, 0.3) is 5.91 Å². The number of fused-ring (bicyclic) bond motifs is 3. The largest absolute Gasteiger partial charge is 0.495 e. The topological polar surface area (TPSA) is 90.4 Å². The normalized spacial score (nSPS) is 17.5. The predicted octanol–water partition coefficient (Wildman–Crippen LogP) is 5.72. The summed E-state index contributed by atoms with van der Waals surface area (Å²) in [5.41, 5.74) is 9.10. The maximum atomic E-state index is 12.3. The van der Waals surface area contributed by atoms with Crippen LogP contribution in [-0.2, 0) is 9.63 Å². The van der Waals surface area contributed by atoms with Crippen molar-refractivity contribution in [2.45, 2.75) is 37.6 Å². The summed E-state index contributed by atoms with van der Waals surface area (Å²) in [6.07, 6.45) is 4.63. The third-order valence-corrected chi connectivity index (χ3v) is 7.52. The molecule has 1 amide bonds. The Morgan fingerprint density at radius 2 is 1.62 bits per heavy atom. The monoisotopic (exact) mass is 541 g/mol. The molecule has 1 aliphatic heterocycles. The van der Waals surface area contributed by atoms with Crippen molar-refractivity contribution in [1.29, 1.82) is 0 Å². The van der Waals surface area contributed by atoms with Crippen molar-refractivity contribution in [2.24, 2.45) is 4.99 Å². The van der Waals surface area contributed by atoms with E-state index >= 15 is 0 Å². The number of methoxy groups -OCH3 is 3. The van der Waals surface area contributed by atoms with Crippen molar-refractivity contribution in [1.82, 2.24) is 5.48 Å². The van der Waals surface area contributed by atoms with Crippen molar-refractivity contribution in [3.63, 3.8) is 0 Å². The number of amides is 1. The van der Waals surface area contributed by atoms with Crippen molar-refractivity contribution in [2.75, 3.05) is 33.3 Å². The molecule has 3 aromatic carbocycles. The van der Waals surface area contributed by atoms with Crippen LogP contribution in [-0.4, -0.2) is 45.6 Å². The van der Waals surface area contributed by atoms with E-state index in [1.165, 1.54) is 18.4 Å². The van der Waals surface area contributed by atoms with Crippen LogP contribution in [0.3, 0.4) is 0 Å². The number of rotatable bonds is 10. The lowest BCUT2D eigenvalue weighted by Gasteiger charge is -2.35. The summed E-state index contributed by atoms with van der Waals surface area (Å²) in [6, 6.07) is 19.7. The molecule has 0 bridgehead atoms. The highest BCUT2D eigenvalue weighted by molar-refractivity contribution is 6.15. The number of hydroxylamine groups is 1. The number of carbonyl (C=O) groups excluding carboxylic acids is 1. The molecule has 0 unspecified atom stereocenters. The van der Waals surface area contributed by atoms with Crippen LogP contribution in [0.2, 0.25) is 0 Å². The highest BCUT2D eigenvalue weighted by Crippen LogP contribution is 2.44. The van der Waals surface area contributed by atoms with Crippen molar-refractivity contribution in [3.8, 4) is 17.2 Å². The van der Waals surface area contributed by atoms with E-state index in [0.717, 1.165) is 41.0 Å². The molecular formula is C32H35N3O5. The van der Waals surface area contributed by atoms with Gasteiger partial charge in [-0.3, -0.25) is 20.1 Å². The first-order valence-electron chi connectivity index (χ1n) is 13.5. The first-order valence-corrected chi connectivity index (χ1v) is 13.5. The van der Waals surface area contributed by atoms with E-state index in [1.807, 2.05) is 36.4 Å². The Bertz CT molecular complexity index is 1420. The molecule has 0 radical (unpaired) electrons. The summed E-state index contributed by atoms with van der Waals surface area (Å²) in [4.78, 5) is 23.0. The minimum Gasteiger partial charge on any atom is -0.495 e. The zero-order valence-electron chi connectivity index (χ0n) is 23.2. The van der Waals surface area contributed by atoms with Gasteiger partial charge >= 0.3 is 0 Å². The summed E-state index contributed by atoms with van der Waals surface area (Å²) in [6.45, 7) is 3.86. The summed E-state index contributed by atoms with van der Waals surface area (Å²) < 4.78 is 16.5. The molecule has 2 N–H and O–H groups in total. The molecule has 5 rings (SSSR count). The first kappa shape index (κ1) is 27.3. The minimum atomic E-state index is -0.317. The number of carbonyl (C=O) groups is 1. The second kappa shape index (κ2) is 12.3. The maximum Gasteiger partial charge on any atom is 0.253 e. The zero-order chi connectivity index (χ0) is 28.1. The Morgan fingerprint density at radius 3 is 2.38 bits per heavy atom. The Labute approximate surface area is 235 Å². The predicted molar refractivity (Wildman–Crippen MR) is 156 cm³/mol. The average molecular weight is 542 g/mol. The van der Waals surface area contributed by atoms with Gasteiger partial charge in [0.2, 0.25) is 0 Å². The molecule has 8 nitrogen and oxygen atoms in total. The molecule has 8 heteroatoms. The molecular weight excluding hydrogens is 506 g/mol. The average Bonchev–Trinajstić information content (AvgIpc) is 3.00. The van der Waals surface area contributed by atoms with Crippen LogP contribution < -0.4 is 25.0 Å². The molecule has 208 valence electrons. The molecule has 0 spiro atoms. The van der Waals surface area contributed by atoms with Gasteiger partial charge in [-0.25, -0.2) is 0 Å². The number of para-hydroxylation sites is 2. The smallest absolute Gasteiger partial charge is 0.253 e. The van der Waals surface area contributed by atoms with Gasteiger partial charge in [-0.15, -0.1) is 0 Å². The molecule has 1 aliphatic carbocycles. The number of aliphatic imine (C=N–C) groups is 1. The molecule has 40 heavy (non-hydrogen) atoms. The number of nitrogens with zero attached hydrogens (tertiary/aromatic N) is 1. The Morgan fingerprint density at radius 1 is 0.925 bits per heavy atom. The van der Waals surface area contributed by atoms with E-state index in [4.69, 9.17) is 24.0 Å². The van der Waals surface area contributed by atoms with Crippen LogP contribution in [0, 0.1) is 0 Å². The van der Waals surface area contributed by atoms with Crippen LogP contribution >= 0.6 is 0 Å². The van der Waals surface area contributed by atoms with Crippen molar-refractivity contribution in [3.05, 3.63) is 89.5 Å². The maximum absolute atomic E-state index is 12.3. The van der Waals surface area contributed by atoms with Gasteiger partial charge in [0.15, 0.2) is 18.1 Å². The lowest BCUT2D eigenvalue weighted by Crippen LogP contribution is -2.29. The van der Waals surface area contributed by atoms with Gasteiger partial charge < -0.3 is 19.5 Å². The molecule has 0 aromatic heterocycles. The van der Waals surface area contributed by atoms with E-state index in [1.54, 1.807) is 33.5 Å².